The Kier molecular flexibility index (Phi) is 7.35. The van der Waals surface area contributed by atoms with Crippen molar-refractivity contribution in [3.05, 3.63) is 135 Å². The smallest absolute Gasteiger partial charge is 0.188 e. The van der Waals surface area contributed by atoms with Crippen LogP contribution in [0.4, 0.5) is 8.78 Å². The standard InChI is InChI=1S/C30H25Cl2F2NO2S/c1-30(22-15-26(33)17-27(34)16-22,38(36,37)28-5-3-2-4-6-28)23-18-35(19-23)29(20-7-11-24(31)12-8-20)21-9-13-25(32)14-10-21/h2-17,23,29H,18-19H2,1H3. The SMILES string of the molecule is CC(c1cc(F)cc(F)c1)(C1CN(C(c2ccc(Cl)cc2)c2ccc(Cl)cc2)C1)S(=O)(=O)c1ccccc1. The van der Waals surface area contributed by atoms with Crippen LogP contribution in [-0.4, -0.2) is 26.4 Å². The lowest BCUT2D eigenvalue weighted by molar-refractivity contribution is 0.0437. The van der Waals surface area contributed by atoms with Crippen LogP contribution in [0.2, 0.25) is 10.0 Å². The van der Waals surface area contributed by atoms with Gasteiger partial charge in [0.05, 0.1) is 10.9 Å². The Morgan fingerprint density at radius 1 is 0.789 bits per heavy atom. The molecule has 4 aromatic rings. The third kappa shape index (κ3) is 4.87. The fourth-order valence-corrected chi connectivity index (χ4v) is 7.54. The molecule has 0 aromatic heterocycles. The highest BCUT2D eigenvalue weighted by molar-refractivity contribution is 7.92. The van der Waals surface area contributed by atoms with Crippen molar-refractivity contribution in [2.75, 3.05) is 13.1 Å². The zero-order valence-corrected chi connectivity index (χ0v) is 22.8. The molecule has 1 saturated heterocycles. The number of halogens is 4. The van der Waals surface area contributed by atoms with Crippen molar-refractivity contribution in [3.8, 4) is 0 Å². The van der Waals surface area contributed by atoms with Gasteiger partial charge in [-0.05, 0) is 72.1 Å². The van der Waals surface area contributed by atoms with Gasteiger partial charge in [-0.25, -0.2) is 17.2 Å². The highest BCUT2D eigenvalue weighted by atomic mass is 35.5. The zero-order chi connectivity index (χ0) is 27.1. The van der Waals surface area contributed by atoms with Crippen LogP contribution in [-0.2, 0) is 14.6 Å². The first kappa shape index (κ1) is 26.8. The lowest BCUT2D eigenvalue weighted by atomic mass is 9.79. The van der Waals surface area contributed by atoms with Crippen LogP contribution in [0, 0.1) is 17.6 Å². The second-order valence-electron chi connectivity index (χ2n) is 9.74. The summed E-state index contributed by atoms with van der Waals surface area (Å²) in [6, 6.07) is 25.9. The largest absolute Gasteiger partial charge is 0.292 e. The monoisotopic (exact) mass is 571 g/mol. The lowest BCUT2D eigenvalue weighted by Crippen LogP contribution is -2.58. The Morgan fingerprint density at radius 3 is 1.74 bits per heavy atom. The Bertz CT molecular complexity index is 1480. The summed E-state index contributed by atoms with van der Waals surface area (Å²) in [6.45, 7) is 2.35. The van der Waals surface area contributed by atoms with Crippen molar-refractivity contribution in [2.24, 2.45) is 5.92 Å². The van der Waals surface area contributed by atoms with Crippen LogP contribution in [0.1, 0.15) is 29.7 Å². The molecule has 1 aliphatic heterocycles. The molecule has 0 N–H and O–H groups in total. The molecule has 8 heteroatoms. The second kappa shape index (κ2) is 10.4. The predicted octanol–water partition coefficient (Wildman–Crippen LogP) is 7.68. The molecule has 5 rings (SSSR count). The molecule has 1 unspecified atom stereocenters. The number of hydrogen-bond donors (Lipinski definition) is 0. The normalized spacial score (nSPS) is 16.3. The molecule has 0 spiro atoms. The average molecular weight is 573 g/mol. The summed E-state index contributed by atoms with van der Waals surface area (Å²) >= 11 is 12.3. The maximum Gasteiger partial charge on any atom is 0.188 e. The van der Waals surface area contributed by atoms with Gasteiger partial charge in [-0.3, -0.25) is 4.90 Å². The number of hydrogen-bond acceptors (Lipinski definition) is 3. The van der Waals surface area contributed by atoms with Crippen molar-refractivity contribution in [2.45, 2.75) is 22.6 Å². The molecule has 4 aromatic carbocycles. The van der Waals surface area contributed by atoms with Crippen LogP contribution < -0.4 is 0 Å². The summed E-state index contributed by atoms with van der Waals surface area (Å²) in [4.78, 5) is 2.27. The van der Waals surface area contributed by atoms with Crippen LogP contribution in [0.25, 0.3) is 0 Å². The molecule has 3 nitrogen and oxygen atoms in total. The van der Waals surface area contributed by atoms with E-state index in [4.69, 9.17) is 23.2 Å². The van der Waals surface area contributed by atoms with Crippen LogP contribution in [0.15, 0.2) is 102 Å². The first-order valence-electron chi connectivity index (χ1n) is 12.1. The summed E-state index contributed by atoms with van der Waals surface area (Å²) in [5.41, 5.74) is 2.07. The third-order valence-electron chi connectivity index (χ3n) is 7.47. The van der Waals surface area contributed by atoms with Gasteiger partial charge in [0.15, 0.2) is 9.84 Å². The maximum absolute atomic E-state index is 14.4. The lowest BCUT2D eigenvalue weighted by Gasteiger charge is -2.51. The fraction of sp³-hybridized carbons (Fsp3) is 0.200. The molecule has 0 radical (unpaired) electrons. The van der Waals surface area contributed by atoms with E-state index in [9.17, 15) is 17.2 Å². The van der Waals surface area contributed by atoms with Crippen LogP contribution >= 0.6 is 23.2 Å². The van der Waals surface area contributed by atoms with E-state index in [1.807, 2.05) is 48.5 Å². The van der Waals surface area contributed by atoms with Gasteiger partial charge >= 0.3 is 0 Å². The topological polar surface area (TPSA) is 37.4 Å². The molecule has 38 heavy (non-hydrogen) atoms. The highest BCUT2D eigenvalue weighted by Crippen LogP contribution is 2.48. The Labute approximate surface area is 231 Å². The van der Waals surface area contributed by atoms with Crippen molar-refractivity contribution >= 4 is 33.0 Å². The number of nitrogens with zero attached hydrogens (tertiary/aromatic N) is 1. The summed E-state index contributed by atoms with van der Waals surface area (Å²) in [6.07, 6.45) is 0. The predicted molar refractivity (Wildman–Crippen MR) is 147 cm³/mol. The minimum absolute atomic E-state index is 0.0954. The van der Waals surface area contributed by atoms with E-state index in [1.165, 1.54) is 12.1 Å². The Balaban J connectivity index is 1.56. The van der Waals surface area contributed by atoms with E-state index >= 15 is 0 Å². The molecule has 0 bridgehead atoms. The van der Waals surface area contributed by atoms with E-state index in [2.05, 4.69) is 4.90 Å². The van der Waals surface area contributed by atoms with Gasteiger partial charge in [0.2, 0.25) is 0 Å². The summed E-state index contributed by atoms with van der Waals surface area (Å²) in [5.74, 6) is -2.06. The minimum atomic E-state index is -4.03. The van der Waals surface area contributed by atoms with Crippen molar-refractivity contribution in [1.29, 1.82) is 0 Å². The quantitative estimate of drug-likeness (QED) is 0.228. The molecule has 1 aliphatic rings. The van der Waals surface area contributed by atoms with Gasteiger partial charge in [-0.1, -0.05) is 65.7 Å². The summed E-state index contributed by atoms with van der Waals surface area (Å²) < 4.78 is 55.4. The van der Waals surface area contributed by atoms with Gasteiger partial charge in [0.1, 0.15) is 16.4 Å². The van der Waals surface area contributed by atoms with E-state index in [1.54, 1.807) is 25.1 Å². The molecular weight excluding hydrogens is 547 g/mol. The molecule has 1 fully saturated rings. The van der Waals surface area contributed by atoms with Gasteiger partial charge in [0, 0.05) is 35.1 Å². The van der Waals surface area contributed by atoms with E-state index in [-0.39, 0.29) is 16.5 Å². The van der Waals surface area contributed by atoms with Crippen molar-refractivity contribution in [3.63, 3.8) is 0 Å². The van der Waals surface area contributed by atoms with E-state index in [0.717, 1.165) is 29.3 Å². The van der Waals surface area contributed by atoms with Crippen molar-refractivity contribution < 1.29 is 17.2 Å². The highest BCUT2D eigenvalue weighted by Gasteiger charge is 2.54. The number of rotatable bonds is 7. The van der Waals surface area contributed by atoms with E-state index < -0.39 is 32.1 Å². The Hall–Kier alpha value is -2.77. The van der Waals surface area contributed by atoms with Crippen molar-refractivity contribution in [1.82, 2.24) is 4.90 Å². The minimum Gasteiger partial charge on any atom is -0.292 e. The van der Waals surface area contributed by atoms with Crippen LogP contribution in [0.5, 0.6) is 0 Å². The second-order valence-corrected chi connectivity index (χ2v) is 12.9. The number of sulfone groups is 1. The number of likely N-dealkylation sites (tertiary alicyclic amines) is 1. The average Bonchev–Trinajstić information content (AvgIpc) is 2.87. The number of benzene rings is 4. The summed E-state index contributed by atoms with van der Waals surface area (Å²) in [5, 5.41) is 1.22. The first-order chi connectivity index (χ1) is 18.1. The van der Waals surface area contributed by atoms with Gasteiger partial charge in [-0.2, -0.15) is 0 Å². The maximum atomic E-state index is 14.4. The molecule has 0 aliphatic carbocycles. The van der Waals surface area contributed by atoms with Gasteiger partial charge in [0.25, 0.3) is 0 Å². The molecule has 0 amide bonds. The Morgan fingerprint density at radius 2 is 1.26 bits per heavy atom. The molecule has 1 heterocycles. The molecular formula is C30H25Cl2F2NO2S. The summed E-state index contributed by atoms with van der Waals surface area (Å²) in [7, 11) is -4.03. The zero-order valence-electron chi connectivity index (χ0n) is 20.5. The van der Waals surface area contributed by atoms with Gasteiger partial charge in [-0.15, -0.1) is 0 Å². The van der Waals surface area contributed by atoms with Crippen LogP contribution in [0.3, 0.4) is 0 Å². The molecule has 0 saturated carbocycles. The third-order valence-corrected chi connectivity index (χ3v) is 10.6. The first-order valence-corrected chi connectivity index (χ1v) is 14.3. The van der Waals surface area contributed by atoms with E-state index in [0.29, 0.717) is 23.1 Å². The fourth-order valence-electron chi connectivity index (χ4n) is 5.27. The van der Waals surface area contributed by atoms with Gasteiger partial charge < -0.3 is 0 Å². The molecule has 196 valence electrons. The molecule has 1 atom stereocenters.